The third-order valence-corrected chi connectivity index (χ3v) is 2.24. The second-order valence-corrected chi connectivity index (χ2v) is 3.05. The van der Waals surface area contributed by atoms with Crippen molar-refractivity contribution in [1.29, 1.82) is 0 Å². The Kier molecular flexibility index (Phi) is 1.55. The molecular formula is C10H15N5. The molecule has 5 nitrogen and oxygen atoms in total. The van der Waals surface area contributed by atoms with Crippen LogP contribution in [-0.2, 0) is 0 Å². The lowest BCUT2D eigenvalue weighted by Crippen LogP contribution is -2.25. The van der Waals surface area contributed by atoms with E-state index >= 15 is 0 Å². The molecule has 0 aliphatic rings. The van der Waals surface area contributed by atoms with Crippen LogP contribution in [0.3, 0.4) is 0 Å². The third-order valence-electron chi connectivity index (χ3n) is 2.24. The lowest BCUT2D eigenvalue weighted by Gasteiger charge is -2.21. The SMILES string of the molecule is [2H]c1c(C([2H])([2H])[2H])nc2ncnn2c1N(CC)CC. The van der Waals surface area contributed by atoms with E-state index < -0.39 is 6.85 Å². The molecule has 15 heavy (non-hydrogen) atoms. The van der Waals surface area contributed by atoms with Crippen LogP contribution in [0.15, 0.2) is 12.4 Å². The van der Waals surface area contributed by atoms with E-state index in [2.05, 4.69) is 15.1 Å². The van der Waals surface area contributed by atoms with Gasteiger partial charge in [0.05, 0.1) is 1.37 Å². The maximum Gasteiger partial charge on any atom is 0.254 e. The Hall–Kier alpha value is -1.65. The van der Waals surface area contributed by atoms with Gasteiger partial charge >= 0.3 is 0 Å². The van der Waals surface area contributed by atoms with Gasteiger partial charge in [-0.1, -0.05) is 0 Å². The summed E-state index contributed by atoms with van der Waals surface area (Å²) in [4.78, 5) is 9.72. The van der Waals surface area contributed by atoms with Gasteiger partial charge in [0.1, 0.15) is 12.1 Å². The van der Waals surface area contributed by atoms with Gasteiger partial charge in [0.25, 0.3) is 5.78 Å². The van der Waals surface area contributed by atoms with Crippen LogP contribution in [0.2, 0.25) is 0 Å². The molecule has 2 heterocycles. The topological polar surface area (TPSA) is 46.3 Å². The lowest BCUT2D eigenvalue weighted by atomic mass is 10.4. The molecule has 0 fully saturated rings. The van der Waals surface area contributed by atoms with Crippen LogP contribution >= 0.6 is 0 Å². The molecule has 0 aromatic carbocycles. The van der Waals surface area contributed by atoms with Gasteiger partial charge in [-0.15, -0.1) is 0 Å². The largest absolute Gasteiger partial charge is 0.357 e. The predicted molar refractivity (Wildman–Crippen MR) is 59.1 cm³/mol. The zero-order chi connectivity index (χ0) is 14.2. The minimum absolute atomic E-state index is 0.123. The number of hydrogen-bond donors (Lipinski definition) is 0. The summed E-state index contributed by atoms with van der Waals surface area (Å²) >= 11 is 0. The van der Waals surface area contributed by atoms with Crippen molar-refractivity contribution in [2.75, 3.05) is 18.0 Å². The van der Waals surface area contributed by atoms with Crippen LogP contribution in [0.25, 0.3) is 5.78 Å². The summed E-state index contributed by atoms with van der Waals surface area (Å²) in [7, 11) is 0. The molecule has 0 atom stereocenters. The third kappa shape index (κ3) is 1.65. The number of hydrogen-bond acceptors (Lipinski definition) is 4. The molecule has 2 rings (SSSR count). The van der Waals surface area contributed by atoms with Crippen LogP contribution < -0.4 is 4.90 Å². The van der Waals surface area contributed by atoms with E-state index in [1.807, 2.05) is 18.7 Å². The Morgan fingerprint density at radius 1 is 1.53 bits per heavy atom. The molecule has 0 spiro atoms. The smallest absolute Gasteiger partial charge is 0.254 e. The molecule has 2 aromatic heterocycles. The average Bonchev–Trinajstić information content (AvgIpc) is 2.79. The summed E-state index contributed by atoms with van der Waals surface area (Å²) in [6, 6.07) is -0.123. The summed E-state index contributed by atoms with van der Waals surface area (Å²) < 4.78 is 31.9. The molecule has 5 heteroatoms. The van der Waals surface area contributed by atoms with Gasteiger partial charge < -0.3 is 4.90 Å². The van der Waals surface area contributed by atoms with Gasteiger partial charge in [-0.3, -0.25) is 0 Å². The molecule has 0 aliphatic heterocycles. The normalized spacial score (nSPS) is 15.6. The maximum absolute atomic E-state index is 8.11. The fourth-order valence-electron chi connectivity index (χ4n) is 1.48. The van der Waals surface area contributed by atoms with Gasteiger partial charge in [0.15, 0.2) is 0 Å². The molecule has 80 valence electrons. The summed E-state index contributed by atoms with van der Waals surface area (Å²) in [6.45, 7) is 2.71. The lowest BCUT2D eigenvalue weighted by molar-refractivity contribution is 0.796. The Morgan fingerprint density at radius 2 is 2.33 bits per heavy atom. The van der Waals surface area contributed by atoms with Crippen LogP contribution in [0.1, 0.15) is 25.0 Å². The Bertz CT molecular complexity index is 587. The average molecular weight is 209 g/mol. The van der Waals surface area contributed by atoms with Crippen LogP contribution in [-0.4, -0.2) is 32.7 Å². The Morgan fingerprint density at radius 3 is 3.00 bits per heavy atom. The highest BCUT2D eigenvalue weighted by atomic mass is 15.4. The molecule has 0 bridgehead atoms. The first-order valence-corrected chi connectivity index (χ1v) is 4.85. The highest BCUT2D eigenvalue weighted by Crippen LogP contribution is 2.14. The van der Waals surface area contributed by atoms with Crippen LogP contribution in [0.4, 0.5) is 5.82 Å². The van der Waals surface area contributed by atoms with Gasteiger partial charge in [0, 0.05) is 28.9 Å². The fraction of sp³-hybridized carbons (Fsp3) is 0.500. The number of rotatable bonds is 3. The first-order chi connectivity index (χ1) is 8.90. The number of anilines is 1. The molecule has 0 N–H and O–H groups in total. The van der Waals surface area contributed by atoms with Crippen molar-refractivity contribution in [2.24, 2.45) is 0 Å². The van der Waals surface area contributed by atoms with Crippen molar-refractivity contribution in [3.05, 3.63) is 18.1 Å². The summed E-state index contributed by atoms with van der Waals surface area (Å²) in [5.74, 6) is 0.614. The fourth-order valence-corrected chi connectivity index (χ4v) is 1.48. The molecule has 0 saturated heterocycles. The maximum atomic E-state index is 8.11. The minimum atomic E-state index is -2.44. The Labute approximate surface area is 94.4 Å². The van der Waals surface area contributed by atoms with Crippen molar-refractivity contribution in [2.45, 2.75) is 20.7 Å². The molecule has 0 radical (unpaired) electrons. The van der Waals surface area contributed by atoms with E-state index in [1.165, 1.54) is 10.8 Å². The molecule has 0 aliphatic carbocycles. The molecule has 0 amide bonds. The van der Waals surface area contributed by atoms with Gasteiger partial charge in [-0.2, -0.15) is 14.6 Å². The molecular weight excluding hydrogens is 190 g/mol. The Balaban J connectivity index is 2.78. The van der Waals surface area contributed by atoms with Gasteiger partial charge in [0.2, 0.25) is 0 Å². The van der Waals surface area contributed by atoms with Crippen molar-refractivity contribution in [3.63, 3.8) is 0 Å². The standard InChI is InChI=1S/C10H15N5/c1-4-14(5-2)9-6-8(3)13-10-11-7-12-15(9)10/h6-7H,4-5H2,1-3H3/i3D3,6D. The highest BCUT2D eigenvalue weighted by molar-refractivity contribution is 5.46. The summed E-state index contributed by atoms with van der Waals surface area (Å²) in [6.07, 6.45) is 1.30. The zero-order valence-electron chi connectivity index (χ0n) is 12.7. The predicted octanol–water partition coefficient (Wildman–Crippen LogP) is 1.28. The minimum Gasteiger partial charge on any atom is -0.357 e. The number of nitrogens with zero attached hydrogens (tertiary/aromatic N) is 5. The van der Waals surface area contributed by atoms with Crippen LogP contribution in [0.5, 0.6) is 0 Å². The monoisotopic (exact) mass is 209 g/mol. The van der Waals surface area contributed by atoms with E-state index in [9.17, 15) is 0 Å². The molecule has 0 saturated carbocycles. The van der Waals surface area contributed by atoms with E-state index in [1.54, 1.807) is 0 Å². The summed E-state index contributed by atoms with van der Waals surface area (Å²) in [5.41, 5.74) is -0.241. The quantitative estimate of drug-likeness (QED) is 0.764. The highest BCUT2D eigenvalue weighted by Gasteiger charge is 2.09. The summed E-state index contributed by atoms with van der Waals surface area (Å²) in [5, 5.41) is 4.02. The van der Waals surface area contributed by atoms with Gasteiger partial charge in [-0.05, 0) is 20.7 Å². The number of fused-ring (bicyclic) bond motifs is 1. The van der Waals surface area contributed by atoms with E-state index in [0.29, 0.717) is 18.9 Å². The van der Waals surface area contributed by atoms with Crippen LogP contribution in [0, 0.1) is 6.85 Å². The molecule has 2 aromatic rings. The second-order valence-electron chi connectivity index (χ2n) is 3.05. The first-order valence-electron chi connectivity index (χ1n) is 6.85. The molecule has 0 unspecified atom stereocenters. The van der Waals surface area contributed by atoms with Crippen molar-refractivity contribution >= 4 is 11.6 Å². The van der Waals surface area contributed by atoms with E-state index in [0.717, 1.165) is 0 Å². The zero-order valence-corrected chi connectivity index (χ0v) is 8.73. The van der Waals surface area contributed by atoms with Crippen molar-refractivity contribution in [1.82, 2.24) is 19.6 Å². The van der Waals surface area contributed by atoms with E-state index in [4.69, 9.17) is 5.48 Å². The van der Waals surface area contributed by atoms with E-state index in [-0.39, 0.29) is 17.5 Å². The first kappa shape index (κ1) is 6.05. The van der Waals surface area contributed by atoms with Crippen molar-refractivity contribution in [3.8, 4) is 0 Å². The number of aromatic nitrogens is 4. The van der Waals surface area contributed by atoms with Gasteiger partial charge in [-0.25, -0.2) is 4.98 Å². The van der Waals surface area contributed by atoms with Crippen molar-refractivity contribution < 1.29 is 5.48 Å². The number of aryl methyl sites for hydroxylation is 1. The second kappa shape index (κ2) is 3.84.